The summed E-state index contributed by atoms with van der Waals surface area (Å²) in [5.74, 6) is 1.00. The summed E-state index contributed by atoms with van der Waals surface area (Å²) in [5, 5.41) is 14.8. The maximum atomic E-state index is 4.44. The highest BCUT2D eigenvalue weighted by atomic mass is 15.3. The minimum Gasteiger partial charge on any atom is -0.324 e. The zero-order valence-electron chi connectivity index (χ0n) is 15.6. The maximum absolute atomic E-state index is 4.44. The van der Waals surface area contributed by atoms with Crippen LogP contribution in [0.5, 0.6) is 0 Å². The number of nitrogens with one attached hydrogen (secondary N) is 2. The number of nitrogens with zero attached hydrogens (tertiary/aromatic N) is 5. The first-order valence-corrected chi connectivity index (χ1v) is 9.17. The lowest BCUT2D eigenvalue weighted by Gasteiger charge is -2.08. The molecule has 0 aliphatic carbocycles. The van der Waals surface area contributed by atoms with E-state index in [1.54, 1.807) is 0 Å². The van der Waals surface area contributed by atoms with E-state index in [9.17, 15) is 0 Å². The molecule has 29 heavy (non-hydrogen) atoms. The van der Waals surface area contributed by atoms with Gasteiger partial charge in [0.25, 0.3) is 5.95 Å². The molecule has 0 saturated carbocycles. The molecule has 0 atom stereocenters. The molecule has 3 aromatic carbocycles. The van der Waals surface area contributed by atoms with Crippen LogP contribution in [0.25, 0.3) is 0 Å². The average Bonchev–Trinajstić information content (AvgIpc) is 2.76. The lowest BCUT2D eigenvalue weighted by Crippen LogP contribution is -2.03. The number of aromatic nitrogens is 3. The van der Waals surface area contributed by atoms with Gasteiger partial charge in [-0.05, 0) is 29.8 Å². The SMILES string of the molecule is c1ccc(CN=Nc2nc(Nc3ccccc3)nc(Nc3ccccc3)n2)cc1. The number of azo groups is 1. The Morgan fingerprint density at radius 2 is 1.07 bits per heavy atom. The minimum atomic E-state index is 0.229. The molecular formula is C22H19N7. The number of benzene rings is 3. The van der Waals surface area contributed by atoms with Crippen molar-refractivity contribution < 1.29 is 0 Å². The summed E-state index contributed by atoms with van der Waals surface area (Å²) in [4.78, 5) is 13.2. The molecule has 0 bridgehead atoms. The largest absolute Gasteiger partial charge is 0.324 e. The van der Waals surface area contributed by atoms with Crippen LogP contribution < -0.4 is 10.6 Å². The van der Waals surface area contributed by atoms with Gasteiger partial charge in [-0.25, -0.2) is 0 Å². The van der Waals surface area contributed by atoms with Crippen LogP contribution in [-0.2, 0) is 6.54 Å². The molecule has 1 aromatic heterocycles. The van der Waals surface area contributed by atoms with Crippen molar-refractivity contribution in [2.45, 2.75) is 6.54 Å². The van der Waals surface area contributed by atoms with Crippen molar-refractivity contribution in [2.75, 3.05) is 10.6 Å². The van der Waals surface area contributed by atoms with Gasteiger partial charge < -0.3 is 10.6 Å². The first kappa shape index (κ1) is 18.2. The topological polar surface area (TPSA) is 87.5 Å². The molecule has 7 heteroatoms. The third-order valence-electron chi connectivity index (χ3n) is 3.94. The predicted octanol–water partition coefficient (Wildman–Crippen LogP) is 5.64. The Labute approximate surface area is 168 Å². The van der Waals surface area contributed by atoms with Crippen molar-refractivity contribution in [3.8, 4) is 0 Å². The van der Waals surface area contributed by atoms with Gasteiger partial charge in [0.05, 0.1) is 6.54 Å². The fourth-order valence-electron chi connectivity index (χ4n) is 2.59. The summed E-state index contributed by atoms with van der Waals surface area (Å²) >= 11 is 0. The molecule has 0 aliphatic heterocycles. The molecule has 0 amide bonds. The average molecular weight is 381 g/mol. The Kier molecular flexibility index (Phi) is 5.78. The summed E-state index contributed by atoms with van der Waals surface area (Å²) in [7, 11) is 0. The summed E-state index contributed by atoms with van der Waals surface area (Å²) < 4.78 is 0. The first-order chi connectivity index (χ1) is 14.3. The van der Waals surface area contributed by atoms with Gasteiger partial charge in [-0.2, -0.15) is 20.1 Å². The fraction of sp³-hybridized carbons (Fsp3) is 0.0455. The predicted molar refractivity (Wildman–Crippen MR) is 114 cm³/mol. The van der Waals surface area contributed by atoms with Crippen LogP contribution in [0.15, 0.2) is 101 Å². The number of hydrogen-bond donors (Lipinski definition) is 2. The number of anilines is 4. The molecule has 0 spiro atoms. The van der Waals surface area contributed by atoms with Crippen molar-refractivity contribution in [3.05, 3.63) is 96.6 Å². The Morgan fingerprint density at radius 3 is 1.59 bits per heavy atom. The van der Waals surface area contributed by atoms with E-state index in [1.807, 2.05) is 91.0 Å². The monoisotopic (exact) mass is 381 g/mol. The lowest BCUT2D eigenvalue weighted by molar-refractivity contribution is 0.917. The molecule has 0 aliphatic rings. The fourth-order valence-corrected chi connectivity index (χ4v) is 2.59. The van der Waals surface area contributed by atoms with Gasteiger partial charge in [-0.15, -0.1) is 5.11 Å². The van der Waals surface area contributed by atoms with Crippen LogP contribution in [0.1, 0.15) is 5.56 Å². The van der Waals surface area contributed by atoms with Crippen molar-refractivity contribution in [1.29, 1.82) is 0 Å². The molecule has 142 valence electrons. The molecule has 0 unspecified atom stereocenters. The van der Waals surface area contributed by atoms with E-state index >= 15 is 0 Å². The van der Waals surface area contributed by atoms with Gasteiger partial charge >= 0.3 is 0 Å². The molecule has 1 heterocycles. The zero-order chi connectivity index (χ0) is 19.7. The molecular weight excluding hydrogens is 362 g/mol. The second-order valence-corrected chi connectivity index (χ2v) is 6.15. The zero-order valence-corrected chi connectivity index (χ0v) is 15.6. The van der Waals surface area contributed by atoms with Crippen molar-refractivity contribution in [3.63, 3.8) is 0 Å². The van der Waals surface area contributed by atoms with E-state index in [4.69, 9.17) is 0 Å². The van der Waals surface area contributed by atoms with Gasteiger partial charge in [0.2, 0.25) is 11.9 Å². The van der Waals surface area contributed by atoms with Gasteiger partial charge in [0.15, 0.2) is 0 Å². The normalized spacial score (nSPS) is 10.8. The van der Waals surface area contributed by atoms with Crippen molar-refractivity contribution >= 4 is 29.2 Å². The highest BCUT2D eigenvalue weighted by Gasteiger charge is 2.07. The highest BCUT2D eigenvalue weighted by Crippen LogP contribution is 2.20. The Bertz CT molecular complexity index is 1010. The smallest absolute Gasteiger partial charge is 0.275 e. The third kappa shape index (κ3) is 5.43. The molecule has 0 saturated heterocycles. The second-order valence-electron chi connectivity index (χ2n) is 6.15. The molecule has 0 fully saturated rings. The van der Waals surface area contributed by atoms with E-state index in [0.29, 0.717) is 18.4 Å². The molecule has 0 radical (unpaired) electrons. The van der Waals surface area contributed by atoms with Crippen molar-refractivity contribution in [2.24, 2.45) is 10.2 Å². The van der Waals surface area contributed by atoms with Crippen LogP contribution in [0.4, 0.5) is 29.2 Å². The standard InChI is InChI=1S/C22H19N7/c1-4-10-17(11-5-1)16-23-29-22-27-20(24-18-12-6-2-7-13-18)26-21(28-22)25-19-14-8-3-9-15-19/h1-15H,16H2,(H2,24,25,26,27,28). The summed E-state index contributed by atoms with van der Waals surface area (Å²) in [6.45, 7) is 0.454. The van der Waals surface area contributed by atoms with Gasteiger partial charge in [0.1, 0.15) is 0 Å². The number of hydrogen-bond acceptors (Lipinski definition) is 7. The van der Waals surface area contributed by atoms with Crippen LogP contribution >= 0.6 is 0 Å². The Balaban J connectivity index is 1.58. The van der Waals surface area contributed by atoms with E-state index < -0.39 is 0 Å². The van der Waals surface area contributed by atoms with E-state index in [2.05, 4.69) is 35.8 Å². The van der Waals surface area contributed by atoms with E-state index in [1.165, 1.54) is 0 Å². The first-order valence-electron chi connectivity index (χ1n) is 9.17. The number of rotatable bonds is 7. The minimum absolute atomic E-state index is 0.229. The summed E-state index contributed by atoms with van der Waals surface area (Å²) in [6, 6.07) is 29.3. The van der Waals surface area contributed by atoms with Crippen molar-refractivity contribution in [1.82, 2.24) is 15.0 Å². The second kappa shape index (κ2) is 9.18. The number of para-hydroxylation sites is 2. The van der Waals surface area contributed by atoms with E-state index in [0.717, 1.165) is 16.9 Å². The van der Waals surface area contributed by atoms with Crippen LogP contribution in [-0.4, -0.2) is 15.0 Å². The lowest BCUT2D eigenvalue weighted by atomic mass is 10.2. The van der Waals surface area contributed by atoms with Crippen LogP contribution in [0, 0.1) is 0 Å². The molecule has 7 nitrogen and oxygen atoms in total. The molecule has 4 aromatic rings. The quantitative estimate of drug-likeness (QED) is 0.404. The highest BCUT2D eigenvalue weighted by molar-refractivity contribution is 5.58. The van der Waals surface area contributed by atoms with Crippen LogP contribution in [0.3, 0.4) is 0 Å². The van der Waals surface area contributed by atoms with Gasteiger partial charge in [-0.3, -0.25) is 0 Å². The van der Waals surface area contributed by atoms with Gasteiger partial charge in [-0.1, -0.05) is 66.7 Å². The van der Waals surface area contributed by atoms with Crippen LogP contribution in [0.2, 0.25) is 0 Å². The Hall–Kier alpha value is -4.13. The maximum Gasteiger partial charge on any atom is 0.275 e. The molecule has 4 rings (SSSR count). The van der Waals surface area contributed by atoms with Gasteiger partial charge in [0, 0.05) is 11.4 Å². The summed E-state index contributed by atoms with van der Waals surface area (Å²) in [5.41, 5.74) is 2.81. The summed E-state index contributed by atoms with van der Waals surface area (Å²) in [6.07, 6.45) is 0. The molecule has 2 N–H and O–H groups in total. The third-order valence-corrected chi connectivity index (χ3v) is 3.94. The van der Waals surface area contributed by atoms with E-state index in [-0.39, 0.29) is 5.95 Å². The Morgan fingerprint density at radius 1 is 0.586 bits per heavy atom.